The second-order valence-corrected chi connectivity index (χ2v) is 36.0. The molecule has 3 aromatic rings. The molecule has 4 rings (SSSR count). The molecule has 0 bridgehead atoms. The highest BCUT2D eigenvalue weighted by Gasteiger charge is 2.31. The Morgan fingerprint density at radius 2 is 0.923 bits per heavy atom. The van der Waals surface area contributed by atoms with Crippen LogP contribution in [-0.4, -0.2) is 51.0 Å². The van der Waals surface area contributed by atoms with Crippen molar-refractivity contribution in [3.8, 4) is 22.3 Å². The zero-order valence-corrected chi connectivity index (χ0v) is 30.5. The van der Waals surface area contributed by atoms with Gasteiger partial charge in [-0.15, -0.1) is 0 Å². The summed E-state index contributed by atoms with van der Waals surface area (Å²) in [5.74, 6) is 0. The fourth-order valence-electron chi connectivity index (χ4n) is 5.29. The molecule has 208 valence electrons. The summed E-state index contributed by atoms with van der Waals surface area (Å²) in [6, 6.07) is 19.5. The molecule has 0 saturated heterocycles. The van der Waals surface area contributed by atoms with E-state index in [1.165, 1.54) is 43.0 Å². The molecule has 0 unspecified atom stereocenters. The minimum Gasteiger partial charge on any atom is -0.423 e. The van der Waals surface area contributed by atoms with Crippen molar-refractivity contribution in [3.05, 3.63) is 54.1 Å². The van der Waals surface area contributed by atoms with Gasteiger partial charge < -0.3 is 9.68 Å². The van der Waals surface area contributed by atoms with E-state index in [9.17, 15) is 5.02 Å². The highest BCUT2D eigenvalue weighted by Crippen LogP contribution is 2.30. The topological polar surface area (TPSA) is 29.5 Å². The molecule has 2 nitrogen and oxygen atoms in total. The van der Waals surface area contributed by atoms with Crippen LogP contribution < -0.4 is 26.2 Å². The molecule has 7 heteroatoms. The van der Waals surface area contributed by atoms with Crippen molar-refractivity contribution < 1.29 is 9.68 Å². The first kappa shape index (κ1) is 30.5. The predicted octanol–water partition coefficient (Wildman–Crippen LogP) is 5.46. The lowest BCUT2D eigenvalue weighted by atomic mass is 9.69. The van der Waals surface area contributed by atoms with Crippen LogP contribution in [0.15, 0.2) is 48.5 Å². The van der Waals surface area contributed by atoms with Crippen LogP contribution in [0, 0.1) is 0 Å². The van der Waals surface area contributed by atoms with Crippen molar-refractivity contribution >= 4 is 65.6 Å². The molecule has 1 aliphatic heterocycles. The van der Waals surface area contributed by atoms with Crippen LogP contribution >= 0.6 is 0 Å². The minimum absolute atomic E-state index is 0.557. The van der Waals surface area contributed by atoms with Crippen LogP contribution in [0.1, 0.15) is 5.56 Å². The summed E-state index contributed by atoms with van der Waals surface area (Å²) in [6.45, 7) is 29.9. The number of hydrogen-bond acceptors (Lipinski definition) is 2. The quantitative estimate of drug-likeness (QED) is 0.388. The predicted molar refractivity (Wildman–Crippen MR) is 186 cm³/mol. The van der Waals surface area contributed by atoms with Crippen molar-refractivity contribution in [1.29, 1.82) is 0 Å². The molecule has 0 spiro atoms. The Morgan fingerprint density at radius 3 is 1.33 bits per heavy atom. The summed E-state index contributed by atoms with van der Waals surface area (Å²) in [4.78, 5) is 0. The first-order valence-electron chi connectivity index (χ1n) is 14.5. The lowest BCUT2D eigenvalue weighted by Crippen LogP contribution is -2.46. The highest BCUT2D eigenvalue weighted by atomic mass is 28.3. The molecule has 0 fully saturated rings. The van der Waals surface area contributed by atoms with Crippen LogP contribution in [0.4, 0.5) is 0 Å². The Balaban J connectivity index is 2.05. The van der Waals surface area contributed by atoms with Gasteiger partial charge in [-0.1, -0.05) is 142 Å². The maximum Gasteiger partial charge on any atom is 0.492 e. The van der Waals surface area contributed by atoms with Gasteiger partial charge in [-0.2, -0.15) is 0 Å². The van der Waals surface area contributed by atoms with Gasteiger partial charge >= 0.3 is 7.12 Å². The van der Waals surface area contributed by atoms with E-state index >= 15 is 0 Å². The lowest BCUT2D eigenvalue weighted by Gasteiger charge is -2.28. The van der Waals surface area contributed by atoms with Gasteiger partial charge in [0.1, 0.15) is 0 Å². The van der Waals surface area contributed by atoms with Gasteiger partial charge in [0, 0.05) is 6.61 Å². The second-order valence-electron chi connectivity index (χ2n) is 15.7. The van der Waals surface area contributed by atoms with E-state index in [1.54, 1.807) is 0 Å². The summed E-state index contributed by atoms with van der Waals surface area (Å²) < 4.78 is 5.82. The van der Waals surface area contributed by atoms with E-state index in [0.29, 0.717) is 6.61 Å². The molecule has 3 aromatic carbocycles. The van der Waals surface area contributed by atoms with Gasteiger partial charge in [-0.05, 0) is 45.8 Å². The Hall–Kier alpha value is -1.49. The Morgan fingerprint density at radius 1 is 0.538 bits per heavy atom. The lowest BCUT2D eigenvalue weighted by molar-refractivity contribution is 0.266. The standard InChI is InChI=1S/C32H49BO2Si4/c1-36(2,3)27-16-25(17-28(21-27)37(4,5)6)24-15-23-13-14-35-33(34)32(23)31(20-24)26-18-29(38(7,8)9)22-30(19-26)39(10,11)12/h15-22,34H,13-14H2,1-12H3. The second kappa shape index (κ2) is 10.4. The van der Waals surface area contributed by atoms with Crippen LogP contribution in [0.5, 0.6) is 0 Å². The number of benzene rings is 3. The number of rotatable bonds is 6. The molecule has 0 saturated carbocycles. The van der Waals surface area contributed by atoms with E-state index in [1.807, 2.05) is 0 Å². The average Bonchev–Trinajstić information content (AvgIpc) is 2.80. The molecule has 1 aliphatic rings. The molecule has 0 radical (unpaired) electrons. The smallest absolute Gasteiger partial charge is 0.423 e. The van der Waals surface area contributed by atoms with Gasteiger partial charge in [0.05, 0.1) is 32.3 Å². The molecule has 1 N–H and O–H groups in total. The van der Waals surface area contributed by atoms with Gasteiger partial charge in [0.25, 0.3) is 0 Å². The molecular formula is C32H49BO2Si4. The Bertz CT molecular complexity index is 1320. The summed E-state index contributed by atoms with van der Waals surface area (Å²) in [6.07, 6.45) is 0.830. The normalized spacial score (nSPS) is 14.9. The Kier molecular flexibility index (Phi) is 8.13. The zero-order chi connectivity index (χ0) is 29.1. The molecule has 39 heavy (non-hydrogen) atoms. The van der Waals surface area contributed by atoms with E-state index in [0.717, 1.165) is 17.4 Å². The average molecular weight is 589 g/mol. The summed E-state index contributed by atoms with van der Waals surface area (Å²) in [5.41, 5.74) is 7.16. The number of fused-ring (bicyclic) bond motifs is 1. The monoisotopic (exact) mass is 588 g/mol. The third-order valence-electron chi connectivity index (χ3n) is 8.13. The third-order valence-corrected chi connectivity index (χ3v) is 16.2. The summed E-state index contributed by atoms with van der Waals surface area (Å²) in [5, 5.41) is 17.2. The van der Waals surface area contributed by atoms with E-state index in [-0.39, 0.29) is 0 Å². The first-order chi connectivity index (χ1) is 17.7. The van der Waals surface area contributed by atoms with E-state index in [2.05, 4.69) is 127 Å². The van der Waals surface area contributed by atoms with Crippen molar-refractivity contribution in [2.45, 2.75) is 85.0 Å². The maximum atomic E-state index is 11.1. The van der Waals surface area contributed by atoms with Crippen LogP contribution in [-0.2, 0) is 11.1 Å². The highest BCUT2D eigenvalue weighted by molar-refractivity contribution is 6.92. The van der Waals surface area contributed by atoms with Crippen molar-refractivity contribution in [2.24, 2.45) is 0 Å². The van der Waals surface area contributed by atoms with Gasteiger partial charge in [-0.25, -0.2) is 0 Å². The maximum absolute atomic E-state index is 11.1. The van der Waals surface area contributed by atoms with Crippen molar-refractivity contribution in [2.75, 3.05) is 6.61 Å². The van der Waals surface area contributed by atoms with Crippen molar-refractivity contribution in [1.82, 2.24) is 0 Å². The molecule has 0 atom stereocenters. The Labute approximate surface area is 242 Å². The largest absolute Gasteiger partial charge is 0.492 e. The first-order valence-corrected chi connectivity index (χ1v) is 28.5. The SMILES string of the molecule is C[Si](C)(C)c1cc(-c2cc3c(c(-c4cc([Si](C)(C)C)cc([Si](C)(C)C)c4)c2)B(O)OCC3)cc([Si](C)(C)C)c1. The van der Waals surface area contributed by atoms with E-state index < -0.39 is 39.4 Å². The van der Waals surface area contributed by atoms with Crippen LogP contribution in [0.2, 0.25) is 78.6 Å². The van der Waals surface area contributed by atoms with E-state index in [4.69, 9.17) is 4.65 Å². The fraction of sp³-hybridized carbons (Fsp3) is 0.438. The molecule has 0 aromatic heterocycles. The minimum atomic E-state index is -1.56. The molecule has 0 aliphatic carbocycles. The van der Waals surface area contributed by atoms with Crippen molar-refractivity contribution in [3.63, 3.8) is 0 Å². The fourth-order valence-corrected chi connectivity index (χ4v) is 10.3. The summed E-state index contributed by atoms with van der Waals surface area (Å²) >= 11 is 0. The van der Waals surface area contributed by atoms with Gasteiger partial charge in [0.2, 0.25) is 0 Å². The zero-order valence-electron chi connectivity index (χ0n) is 26.5. The van der Waals surface area contributed by atoms with Crippen LogP contribution in [0.3, 0.4) is 0 Å². The molecule has 1 heterocycles. The van der Waals surface area contributed by atoms with Gasteiger partial charge in [-0.3, -0.25) is 0 Å². The van der Waals surface area contributed by atoms with Crippen LogP contribution in [0.25, 0.3) is 22.3 Å². The molecule has 0 amide bonds. The van der Waals surface area contributed by atoms with Gasteiger partial charge in [0.15, 0.2) is 0 Å². The third kappa shape index (κ3) is 6.71. The summed E-state index contributed by atoms with van der Waals surface area (Å²) in [7, 11) is -7.01. The molecular weight excluding hydrogens is 540 g/mol. The number of hydrogen-bond donors (Lipinski definition) is 1.